The third-order valence-corrected chi connectivity index (χ3v) is 5.89. The summed E-state index contributed by atoms with van der Waals surface area (Å²) in [7, 11) is 0. The maximum absolute atomic E-state index is 12.8. The van der Waals surface area contributed by atoms with E-state index in [4.69, 9.17) is 14.9 Å². The zero-order chi connectivity index (χ0) is 23.6. The molecule has 3 atom stereocenters. The molecule has 0 amide bonds. The largest absolute Gasteiger partial charge is 0.478 e. The first kappa shape index (κ1) is 24.2. The predicted octanol–water partition coefficient (Wildman–Crippen LogP) is 3.88. The smallest absolute Gasteiger partial charge is 0.328 e. The number of cyclic esters (lactones) is 1. The number of ether oxygens (including phenoxy) is 1. The second-order valence-corrected chi connectivity index (χ2v) is 8.18. The van der Waals surface area contributed by atoms with Crippen molar-refractivity contribution in [3.05, 3.63) is 83.9 Å². The highest BCUT2D eigenvalue weighted by atomic mass is 16.6. The summed E-state index contributed by atoms with van der Waals surface area (Å²) in [6.07, 6.45) is 4.70. The number of carbonyl (C=O) groups excluding carboxylic acids is 1. The second kappa shape index (κ2) is 12.0. The Kier molecular flexibility index (Phi) is 8.78. The number of esters is 1. The minimum absolute atomic E-state index is 0.0479. The van der Waals surface area contributed by atoms with Crippen molar-refractivity contribution in [3.63, 3.8) is 0 Å². The molecule has 2 fully saturated rings. The fourth-order valence-corrected chi connectivity index (χ4v) is 4.39. The maximum atomic E-state index is 12.8. The van der Waals surface area contributed by atoms with E-state index in [1.807, 2.05) is 24.3 Å². The molecule has 2 aromatic rings. The van der Waals surface area contributed by atoms with E-state index in [1.54, 1.807) is 0 Å². The molecule has 2 saturated heterocycles. The van der Waals surface area contributed by atoms with Gasteiger partial charge in [0.1, 0.15) is 6.10 Å². The molecule has 7 heteroatoms. The second-order valence-electron chi connectivity index (χ2n) is 8.18. The fourth-order valence-electron chi connectivity index (χ4n) is 4.39. The third-order valence-electron chi connectivity index (χ3n) is 5.89. The number of carbonyl (C=O) groups is 3. The van der Waals surface area contributed by atoms with E-state index in [9.17, 15) is 14.4 Å². The molecule has 2 aliphatic rings. The van der Waals surface area contributed by atoms with E-state index in [2.05, 4.69) is 41.3 Å². The van der Waals surface area contributed by atoms with Crippen molar-refractivity contribution < 1.29 is 29.3 Å². The van der Waals surface area contributed by atoms with Gasteiger partial charge in [-0.3, -0.25) is 4.79 Å². The summed E-state index contributed by atoms with van der Waals surface area (Å²) in [6.45, 7) is 3.00. The van der Waals surface area contributed by atoms with Crippen LogP contribution in [0.5, 0.6) is 0 Å². The number of piperidine rings is 1. The van der Waals surface area contributed by atoms with E-state index in [0.29, 0.717) is 12.2 Å². The van der Waals surface area contributed by atoms with Gasteiger partial charge in [0.2, 0.25) is 0 Å². The summed E-state index contributed by atoms with van der Waals surface area (Å²) in [5.74, 6) is -2.57. The van der Waals surface area contributed by atoms with E-state index in [0.717, 1.165) is 25.2 Å². The van der Waals surface area contributed by atoms with Gasteiger partial charge in [0.05, 0.1) is 5.92 Å². The first-order chi connectivity index (χ1) is 16.0. The van der Waals surface area contributed by atoms with Crippen LogP contribution in [0.3, 0.4) is 0 Å². The number of aliphatic carboxylic acids is 2. The van der Waals surface area contributed by atoms with Crippen molar-refractivity contribution in [1.29, 1.82) is 0 Å². The molecule has 7 nitrogen and oxygen atoms in total. The summed E-state index contributed by atoms with van der Waals surface area (Å²) < 4.78 is 5.90. The van der Waals surface area contributed by atoms with Crippen LogP contribution < -0.4 is 0 Å². The lowest BCUT2D eigenvalue weighted by molar-refractivity contribution is -0.145. The van der Waals surface area contributed by atoms with Gasteiger partial charge in [0.25, 0.3) is 0 Å². The average Bonchev–Trinajstić information content (AvgIpc) is 3.16. The molecular weight excluding hydrogens is 422 g/mol. The molecule has 0 unspecified atom stereocenters. The number of rotatable bonds is 6. The van der Waals surface area contributed by atoms with Crippen LogP contribution in [0.25, 0.3) is 0 Å². The van der Waals surface area contributed by atoms with E-state index >= 15 is 0 Å². The van der Waals surface area contributed by atoms with Gasteiger partial charge in [-0.25, -0.2) is 9.59 Å². The molecule has 0 aromatic heterocycles. The molecule has 4 rings (SSSR count). The van der Waals surface area contributed by atoms with E-state index < -0.39 is 11.9 Å². The Morgan fingerprint density at radius 2 is 1.36 bits per heavy atom. The molecule has 2 N–H and O–H groups in total. The molecule has 0 radical (unpaired) electrons. The van der Waals surface area contributed by atoms with Crippen LogP contribution >= 0.6 is 0 Å². The number of nitrogens with zero attached hydrogens (tertiary/aromatic N) is 1. The topological polar surface area (TPSA) is 104 Å². The molecule has 0 aliphatic carbocycles. The van der Waals surface area contributed by atoms with Crippen molar-refractivity contribution in [3.8, 4) is 0 Å². The monoisotopic (exact) mass is 451 g/mol. The number of benzene rings is 2. The van der Waals surface area contributed by atoms with Crippen molar-refractivity contribution in [2.24, 2.45) is 5.92 Å². The van der Waals surface area contributed by atoms with Crippen molar-refractivity contribution in [1.82, 2.24) is 4.90 Å². The number of carboxylic acid groups (broad SMARTS) is 2. The van der Waals surface area contributed by atoms with Crippen LogP contribution in [0.1, 0.15) is 42.4 Å². The predicted molar refractivity (Wildman–Crippen MR) is 123 cm³/mol. The minimum atomic E-state index is -1.26. The Labute approximate surface area is 193 Å². The Morgan fingerprint density at radius 1 is 0.848 bits per heavy atom. The Morgan fingerprint density at radius 3 is 1.88 bits per heavy atom. The van der Waals surface area contributed by atoms with Crippen LogP contribution in [-0.2, 0) is 19.1 Å². The van der Waals surface area contributed by atoms with Crippen LogP contribution in [0.4, 0.5) is 0 Å². The molecule has 0 bridgehead atoms. The number of hydrogen-bond acceptors (Lipinski definition) is 5. The quantitative estimate of drug-likeness (QED) is 0.507. The Hall–Kier alpha value is -3.45. The Bertz CT molecular complexity index is 937. The molecule has 2 heterocycles. The van der Waals surface area contributed by atoms with Crippen LogP contribution in [0.15, 0.2) is 72.8 Å². The SMILES string of the molecule is O=C(O)/C=C/C(=O)O.O=C1O[C@@H](c2ccccc2)[C@H](c2ccccc2)[C@H]1CN1CCCCC1. The lowest BCUT2D eigenvalue weighted by atomic mass is 9.81. The highest BCUT2D eigenvalue weighted by Gasteiger charge is 2.46. The molecular formula is C26H29NO6. The van der Waals surface area contributed by atoms with Crippen molar-refractivity contribution in [2.45, 2.75) is 31.3 Å². The van der Waals surface area contributed by atoms with Gasteiger partial charge in [-0.2, -0.15) is 0 Å². The summed E-state index contributed by atoms with van der Waals surface area (Å²) in [5, 5.41) is 15.6. The highest BCUT2D eigenvalue weighted by molar-refractivity contribution is 5.89. The van der Waals surface area contributed by atoms with Crippen LogP contribution in [0, 0.1) is 5.92 Å². The van der Waals surface area contributed by atoms with Gasteiger partial charge < -0.3 is 19.8 Å². The lowest BCUT2D eigenvalue weighted by Crippen LogP contribution is -2.37. The fraction of sp³-hybridized carbons (Fsp3) is 0.346. The molecule has 174 valence electrons. The summed E-state index contributed by atoms with van der Waals surface area (Å²) >= 11 is 0. The molecule has 2 aromatic carbocycles. The van der Waals surface area contributed by atoms with Gasteiger partial charge in [-0.1, -0.05) is 67.1 Å². The standard InChI is InChI=1S/C22H25NO2.C4H4O4/c24-22-19(16-23-14-8-3-9-15-23)20(17-10-4-1-5-11-17)21(25-22)18-12-6-2-7-13-18;5-3(6)1-2-4(7)8/h1-2,4-7,10-13,19-21H,3,8-9,14-16H2;1-2H,(H,5,6)(H,7,8)/b;2-1+/t19-,20-,21+;/m1./s1. The summed E-state index contributed by atoms with van der Waals surface area (Å²) in [5.41, 5.74) is 2.29. The van der Waals surface area contributed by atoms with Gasteiger partial charge in [0, 0.05) is 24.6 Å². The summed E-state index contributed by atoms with van der Waals surface area (Å²) in [6, 6.07) is 20.6. The van der Waals surface area contributed by atoms with Crippen LogP contribution in [0.2, 0.25) is 0 Å². The molecule has 0 saturated carbocycles. The molecule has 33 heavy (non-hydrogen) atoms. The maximum Gasteiger partial charge on any atom is 0.328 e. The number of carboxylic acids is 2. The van der Waals surface area contributed by atoms with Gasteiger partial charge in [-0.05, 0) is 37.1 Å². The van der Waals surface area contributed by atoms with Crippen molar-refractivity contribution >= 4 is 17.9 Å². The summed E-state index contributed by atoms with van der Waals surface area (Å²) in [4.78, 5) is 34.3. The van der Waals surface area contributed by atoms with Gasteiger partial charge in [0.15, 0.2) is 0 Å². The lowest BCUT2D eigenvalue weighted by Gasteiger charge is -2.30. The first-order valence-corrected chi connectivity index (χ1v) is 11.1. The highest BCUT2D eigenvalue weighted by Crippen LogP contribution is 2.46. The van der Waals surface area contributed by atoms with Gasteiger partial charge >= 0.3 is 17.9 Å². The zero-order valence-corrected chi connectivity index (χ0v) is 18.4. The van der Waals surface area contributed by atoms with Crippen LogP contribution in [-0.4, -0.2) is 52.7 Å². The van der Waals surface area contributed by atoms with Gasteiger partial charge in [-0.15, -0.1) is 0 Å². The zero-order valence-electron chi connectivity index (χ0n) is 18.4. The number of likely N-dealkylation sites (tertiary alicyclic amines) is 1. The third kappa shape index (κ3) is 7.02. The van der Waals surface area contributed by atoms with E-state index in [-0.39, 0.29) is 23.9 Å². The van der Waals surface area contributed by atoms with Crippen molar-refractivity contribution in [2.75, 3.05) is 19.6 Å². The minimum Gasteiger partial charge on any atom is -0.478 e. The van der Waals surface area contributed by atoms with E-state index in [1.165, 1.54) is 24.8 Å². The Balaban J connectivity index is 0.000000331. The first-order valence-electron chi connectivity index (χ1n) is 11.1. The molecule has 2 aliphatic heterocycles. The normalized spacial score (nSPS) is 22.9. The number of hydrogen-bond donors (Lipinski definition) is 2. The molecule has 0 spiro atoms. The average molecular weight is 452 g/mol.